The summed E-state index contributed by atoms with van der Waals surface area (Å²) in [6.45, 7) is 0. The molecule has 0 bridgehead atoms. The molecule has 0 N–H and O–H groups in total. The van der Waals surface area contributed by atoms with Crippen LogP contribution < -0.4 is 0 Å². The van der Waals surface area contributed by atoms with Gasteiger partial charge in [-0.25, -0.2) is 0 Å². The summed E-state index contributed by atoms with van der Waals surface area (Å²) in [5, 5.41) is 2.05. The van der Waals surface area contributed by atoms with Crippen molar-refractivity contribution in [2.45, 2.75) is 0 Å². The predicted molar refractivity (Wildman–Crippen MR) is 208 cm³/mol. The Bertz CT molecular complexity index is 3800. The van der Waals surface area contributed by atoms with Crippen molar-refractivity contribution in [2.24, 2.45) is 0 Å². The fourth-order valence-electron chi connectivity index (χ4n) is 6.68. The van der Waals surface area contributed by atoms with E-state index in [1.807, 2.05) is 36.4 Å². The molecular formula is C48H30O. The molecule has 1 heteroatoms. The molecule has 0 atom stereocenters. The lowest BCUT2D eigenvalue weighted by Gasteiger charge is -2.18. The van der Waals surface area contributed by atoms with Crippen LogP contribution in [0.4, 0.5) is 0 Å². The molecule has 10 rings (SSSR count). The van der Waals surface area contributed by atoms with Gasteiger partial charge >= 0.3 is 0 Å². The lowest BCUT2D eigenvalue weighted by molar-refractivity contribution is 0.669. The van der Waals surface area contributed by atoms with Crippen molar-refractivity contribution in [3.63, 3.8) is 0 Å². The fourth-order valence-corrected chi connectivity index (χ4v) is 6.68. The van der Waals surface area contributed by atoms with E-state index in [2.05, 4.69) is 0 Å². The smallest absolute Gasteiger partial charge is 0.136 e. The first-order valence-electron chi connectivity index (χ1n) is 24.4. The third-order valence-corrected chi connectivity index (χ3v) is 8.78. The van der Waals surface area contributed by atoms with E-state index in [9.17, 15) is 2.74 Å². The first kappa shape index (κ1) is 15.2. The number of hydrogen-bond acceptors (Lipinski definition) is 1. The Morgan fingerprint density at radius 1 is 0.367 bits per heavy atom. The molecule has 0 aliphatic heterocycles. The Balaban J connectivity index is 1.28. The lowest BCUT2D eigenvalue weighted by atomic mass is 9.84. The van der Waals surface area contributed by atoms with Gasteiger partial charge in [0.25, 0.3) is 0 Å². The quantitative estimate of drug-likeness (QED) is 0.174. The van der Waals surface area contributed by atoms with Crippen LogP contribution in [0.3, 0.4) is 0 Å². The largest absolute Gasteiger partial charge is 0.456 e. The number of benzene rings is 9. The summed E-state index contributed by atoms with van der Waals surface area (Å²) < 4.78 is 163. The molecule has 1 nitrogen and oxygen atoms in total. The van der Waals surface area contributed by atoms with Crippen molar-refractivity contribution in [1.29, 1.82) is 0 Å². The maximum atomic E-state index is 9.59. The van der Waals surface area contributed by atoms with E-state index in [1.54, 1.807) is 36.4 Å². The average molecular weight is 641 g/mol. The highest BCUT2D eigenvalue weighted by atomic mass is 16.3. The molecule has 1 aromatic heterocycles. The van der Waals surface area contributed by atoms with Crippen molar-refractivity contribution < 1.29 is 29.1 Å². The molecule has 0 spiro atoms. The van der Waals surface area contributed by atoms with Crippen LogP contribution in [0.1, 0.15) is 24.7 Å². The van der Waals surface area contributed by atoms with Crippen molar-refractivity contribution in [1.82, 2.24) is 0 Å². The second-order valence-electron chi connectivity index (χ2n) is 11.4. The van der Waals surface area contributed by atoms with Gasteiger partial charge in [0.05, 0.1) is 24.7 Å². The molecule has 0 aliphatic carbocycles. The number of hydrogen-bond donors (Lipinski definition) is 0. The minimum Gasteiger partial charge on any atom is -0.456 e. The van der Waals surface area contributed by atoms with Crippen LogP contribution in [0, 0.1) is 0 Å². The summed E-state index contributed by atoms with van der Waals surface area (Å²) in [7, 11) is 0. The Morgan fingerprint density at radius 3 is 1.73 bits per heavy atom. The summed E-state index contributed by atoms with van der Waals surface area (Å²) in [6, 6.07) is 11.3. The molecule has 10 aromatic rings. The molecule has 0 unspecified atom stereocenters. The van der Waals surface area contributed by atoms with Gasteiger partial charge in [0.1, 0.15) is 11.2 Å². The molecule has 0 amide bonds. The van der Waals surface area contributed by atoms with Crippen LogP contribution in [-0.4, -0.2) is 0 Å². The molecule has 0 saturated carbocycles. The SMILES string of the molecule is [2H]c1c([2H])c([2H])c(-c2c([2H])c([2H])c3oc4c([2H])c([2H])c([2H])c(-c5c6ccccc6c(-c6ccc(-c7c([2H])c([2H])c([2H])c8c([2H])c([2H])c([2H])c([2H])c78)cc6)c6ccccc56)c4c3c2[2H])c([2H])c1[2H]. The van der Waals surface area contributed by atoms with E-state index in [-0.39, 0.29) is 49.9 Å². The Kier molecular flexibility index (Phi) is 3.43. The highest BCUT2D eigenvalue weighted by Crippen LogP contribution is 2.47. The average Bonchev–Trinajstić information content (AvgIpc) is 3.73. The first-order chi connectivity index (χ1) is 31.8. The Labute approximate surface area is 309 Å². The summed E-state index contributed by atoms with van der Waals surface area (Å²) in [4.78, 5) is 0. The monoisotopic (exact) mass is 640 g/mol. The third-order valence-electron chi connectivity index (χ3n) is 8.78. The highest BCUT2D eigenvalue weighted by molar-refractivity contribution is 6.25. The molecule has 228 valence electrons. The zero-order chi connectivity index (χ0) is 48.0. The Hall–Kier alpha value is -6.44. The van der Waals surface area contributed by atoms with E-state index in [4.69, 9.17) is 26.3 Å². The summed E-state index contributed by atoms with van der Waals surface area (Å²) in [5.74, 6) is 0. The molecule has 0 saturated heterocycles. The molecule has 0 fully saturated rings. The van der Waals surface area contributed by atoms with Crippen molar-refractivity contribution >= 4 is 54.3 Å². The van der Waals surface area contributed by atoms with Gasteiger partial charge in [0, 0.05) is 10.8 Å². The van der Waals surface area contributed by atoms with Crippen molar-refractivity contribution in [3.8, 4) is 44.5 Å². The Morgan fingerprint density at radius 2 is 0.980 bits per heavy atom. The normalized spacial score (nSPS) is 16.8. The fraction of sp³-hybridized carbons (Fsp3) is 0. The first-order valence-corrected chi connectivity index (χ1v) is 15.4. The van der Waals surface area contributed by atoms with Crippen molar-refractivity contribution in [2.75, 3.05) is 0 Å². The number of fused-ring (bicyclic) bond motifs is 6. The topological polar surface area (TPSA) is 13.1 Å². The van der Waals surface area contributed by atoms with Gasteiger partial charge in [0.15, 0.2) is 0 Å². The van der Waals surface area contributed by atoms with Crippen LogP contribution in [0.15, 0.2) is 186 Å². The second kappa shape index (κ2) is 11.1. The van der Waals surface area contributed by atoms with Crippen LogP contribution in [-0.2, 0) is 0 Å². The van der Waals surface area contributed by atoms with E-state index >= 15 is 0 Å². The maximum absolute atomic E-state index is 9.59. The zero-order valence-electron chi connectivity index (χ0n) is 43.3. The third kappa shape index (κ3) is 4.40. The molecular weight excluding hydrogens is 593 g/mol. The van der Waals surface area contributed by atoms with Gasteiger partial charge in [-0.15, -0.1) is 0 Å². The second-order valence-corrected chi connectivity index (χ2v) is 11.4. The van der Waals surface area contributed by atoms with Gasteiger partial charge in [0.2, 0.25) is 0 Å². The highest BCUT2D eigenvalue weighted by Gasteiger charge is 2.20. The van der Waals surface area contributed by atoms with E-state index < -0.39 is 114 Å². The summed E-state index contributed by atoms with van der Waals surface area (Å²) >= 11 is 0. The minimum absolute atomic E-state index is 0.00983. The van der Waals surface area contributed by atoms with Gasteiger partial charge in [-0.05, 0) is 95.0 Å². The van der Waals surface area contributed by atoms with Gasteiger partial charge in [-0.2, -0.15) is 0 Å². The van der Waals surface area contributed by atoms with Crippen molar-refractivity contribution in [3.05, 3.63) is 182 Å². The van der Waals surface area contributed by atoms with Crippen LogP contribution in [0.25, 0.3) is 98.8 Å². The maximum Gasteiger partial charge on any atom is 0.136 e. The van der Waals surface area contributed by atoms with E-state index in [0.29, 0.717) is 43.8 Å². The summed E-state index contributed by atoms with van der Waals surface area (Å²) in [6.07, 6.45) is 0. The standard InChI is InChI=1S/C48H30O/c1-2-12-31(13-3-1)35-28-29-44-43(30-35)48-42(22-11-23-45(48)49-44)47-40-19-8-6-17-38(40)46(39-18-7-9-20-41(39)47)34-26-24-33(25-27-34)37-21-10-15-32-14-4-5-16-36(32)37/h1-30H/i1D,2D,3D,4D,5D,10D,11D,12D,13D,14D,15D,16D,21D,22D,23D,28D,29D,30D. The van der Waals surface area contributed by atoms with Gasteiger partial charge in [-0.1, -0.05) is 163 Å². The van der Waals surface area contributed by atoms with Crippen LogP contribution in [0.2, 0.25) is 0 Å². The lowest BCUT2D eigenvalue weighted by Crippen LogP contribution is -1.91. The number of rotatable bonds is 4. The minimum atomic E-state index is -0.706. The van der Waals surface area contributed by atoms with E-state index in [0.717, 1.165) is 0 Å². The number of furan rings is 1. The molecule has 9 aromatic carbocycles. The van der Waals surface area contributed by atoms with Crippen LogP contribution in [0.5, 0.6) is 0 Å². The predicted octanol–water partition coefficient (Wildman–Crippen LogP) is 13.7. The molecule has 49 heavy (non-hydrogen) atoms. The molecule has 1 heterocycles. The van der Waals surface area contributed by atoms with E-state index in [1.165, 1.54) is 0 Å². The molecule has 0 aliphatic rings. The molecule has 0 radical (unpaired) electrons. The summed E-state index contributed by atoms with van der Waals surface area (Å²) in [5.41, 5.74) is 0.790. The van der Waals surface area contributed by atoms with Gasteiger partial charge < -0.3 is 4.42 Å². The zero-order valence-corrected chi connectivity index (χ0v) is 25.3. The van der Waals surface area contributed by atoms with Gasteiger partial charge in [-0.3, -0.25) is 0 Å². The van der Waals surface area contributed by atoms with Crippen LogP contribution >= 0.6 is 0 Å².